The van der Waals surface area contributed by atoms with E-state index < -0.39 is 11.7 Å². The molecule has 2 nitrogen and oxygen atoms in total. The molecule has 0 aliphatic rings. The number of nitrogens with zero attached hydrogens (tertiary/aromatic N) is 1. The molecule has 0 N–H and O–H groups in total. The molecule has 0 unspecified atom stereocenters. The number of rotatable bonds is 2. The first-order chi connectivity index (χ1) is 6.45. The van der Waals surface area contributed by atoms with Crippen molar-refractivity contribution >= 4 is 32.8 Å². The molecule has 0 saturated heterocycles. The van der Waals surface area contributed by atoms with Crippen LogP contribution in [0.15, 0.2) is 10.8 Å². The minimum Gasteiger partial charge on any atom is -0.276 e. The van der Waals surface area contributed by atoms with E-state index in [2.05, 4.69) is 20.9 Å². The molecule has 0 spiro atoms. The molecule has 0 saturated carbocycles. The number of pyridine rings is 1. The van der Waals surface area contributed by atoms with E-state index in [0.29, 0.717) is 0 Å². The van der Waals surface area contributed by atoms with Gasteiger partial charge in [-0.2, -0.15) is 0 Å². The van der Waals surface area contributed by atoms with Gasteiger partial charge in [0.05, 0.1) is 5.56 Å². The summed E-state index contributed by atoms with van der Waals surface area (Å²) in [6.07, 6.45) is -1.71. The molecular weight excluding hydrogens is 279 g/mol. The topological polar surface area (TPSA) is 30.0 Å². The highest BCUT2D eigenvalue weighted by molar-refractivity contribution is 9.10. The molecule has 6 heteroatoms. The SMILES string of the molecule is Cc1c(Br)ncc(C(=O)Cl)c1C(F)F. The maximum Gasteiger partial charge on any atom is 0.265 e. The summed E-state index contributed by atoms with van der Waals surface area (Å²) in [5.41, 5.74) is -0.388. The van der Waals surface area contributed by atoms with Crippen LogP contribution in [-0.2, 0) is 0 Å². The average molecular weight is 284 g/mol. The quantitative estimate of drug-likeness (QED) is 0.615. The highest BCUT2D eigenvalue weighted by Crippen LogP contribution is 2.30. The Bertz CT molecular complexity index is 384. The number of carbonyl (C=O) groups excluding carboxylic acids is 1. The third-order valence-electron chi connectivity index (χ3n) is 1.74. The van der Waals surface area contributed by atoms with Crippen LogP contribution in [0.25, 0.3) is 0 Å². The maximum atomic E-state index is 12.6. The number of hydrogen-bond acceptors (Lipinski definition) is 2. The second-order valence-corrected chi connectivity index (χ2v) is 3.67. The van der Waals surface area contributed by atoms with Gasteiger partial charge < -0.3 is 0 Å². The summed E-state index contributed by atoms with van der Waals surface area (Å²) >= 11 is 8.15. The molecular formula is C8H5BrClF2NO. The molecule has 1 heterocycles. The monoisotopic (exact) mass is 283 g/mol. The second-order valence-electron chi connectivity index (χ2n) is 2.58. The van der Waals surface area contributed by atoms with Gasteiger partial charge in [0.2, 0.25) is 0 Å². The molecule has 76 valence electrons. The van der Waals surface area contributed by atoms with Gasteiger partial charge >= 0.3 is 0 Å². The zero-order valence-corrected chi connectivity index (χ0v) is 9.36. The minimum absolute atomic E-state index is 0.228. The van der Waals surface area contributed by atoms with Gasteiger partial charge in [-0.25, -0.2) is 13.8 Å². The molecule has 1 rings (SSSR count). The second kappa shape index (κ2) is 4.31. The largest absolute Gasteiger partial charge is 0.276 e. The van der Waals surface area contributed by atoms with Crippen LogP contribution in [0.5, 0.6) is 0 Å². The van der Waals surface area contributed by atoms with Crippen LogP contribution in [0.4, 0.5) is 8.78 Å². The van der Waals surface area contributed by atoms with E-state index in [1.54, 1.807) is 0 Å². The minimum atomic E-state index is -2.74. The van der Waals surface area contributed by atoms with Crippen LogP contribution in [0.2, 0.25) is 0 Å². The normalized spacial score (nSPS) is 10.7. The Balaban J connectivity index is 3.45. The van der Waals surface area contributed by atoms with Crippen LogP contribution in [-0.4, -0.2) is 10.2 Å². The van der Waals surface area contributed by atoms with Gasteiger partial charge in [0, 0.05) is 11.8 Å². The van der Waals surface area contributed by atoms with Gasteiger partial charge in [-0.3, -0.25) is 4.79 Å². The standard InChI is InChI=1S/C8H5BrClF2NO/c1-3-5(8(11)12)4(7(10)14)2-13-6(3)9/h2,8H,1H3. The fourth-order valence-electron chi connectivity index (χ4n) is 1.04. The smallest absolute Gasteiger partial charge is 0.265 e. The number of carbonyl (C=O) groups is 1. The third kappa shape index (κ3) is 2.09. The van der Waals surface area contributed by atoms with E-state index in [1.165, 1.54) is 6.92 Å². The number of halogens is 4. The van der Waals surface area contributed by atoms with Crippen molar-refractivity contribution in [2.75, 3.05) is 0 Å². The molecule has 0 aliphatic carbocycles. The summed E-state index contributed by atoms with van der Waals surface area (Å²) in [6, 6.07) is 0. The van der Waals surface area contributed by atoms with Crippen LogP contribution in [0, 0.1) is 6.92 Å². The summed E-state index contributed by atoms with van der Waals surface area (Å²) in [6.45, 7) is 1.45. The molecule has 0 amide bonds. The van der Waals surface area contributed by atoms with Crippen molar-refractivity contribution in [2.24, 2.45) is 0 Å². The fourth-order valence-corrected chi connectivity index (χ4v) is 1.51. The lowest BCUT2D eigenvalue weighted by atomic mass is 10.1. The van der Waals surface area contributed by atoms with Crippen molar-refractivity contribution in [3.05, 3.63) is 27.5 Å². The Morgan fingerprint density at radius 3 is 2.64 bits per heavy atom. The molecule has 0 aliphatic heterocycles. The Labute approximate surface area is 92.4 Å². The van der Waals surface area contributed by atoms with E-state index in [0.717, 1.165) is 6.20 Å². The molecule has 0 atom stereocenters. The summed E-state index contributed by atoms with van der Waals surface area (Å²) < 4.78 is 25.4. The van der Waals surface area contributed by atoms with E-state index in [9.17, 15) is 13.6 Å². The molecule has 0 fully saturated rings. The molecule has 0 bridgehead atoms. The van der Waals surface area contributed by atoms with Crippen LogP contribution >= 0.6 is 27.5 Å². The summed E-state index contributed by atoms with van der Waals surface area (Å²) in [5, 5.41) is -0.927. The molecule has 0 aromatic carbocycles. The molecule has 1 aromatic heterocycles. The van der Waals surface area contributed by atoms with Crippen molar-refractivity contribution < 1.29 is 13.6 Å². The summed E-state index contributed by atoms with van der Waals surface area (Å²) in [5.74, 6) is 0. The average Bonchev–Trinajstić information content (AvgIpc) is 2.08. The van der Waals surface area contributed by atoms with Crippen molar-refractivity contribution in [1.82, 2.24) is 4.98 Å². The first-order valence-corrected chi connectivity index (χ1v) is 4.75. The van der Waals surface area contributed by atoms with E-state index >= 15 is 0 Å². The van der Waals surface area contributed by atoms with Gasteiger partial charge in [-0.05, 0) is 40.0 Å². The van der Waals surface area contributed by atoms with Crippen LogP contribution < -0.4 is 0 Å². The van der Waals surface area contributed by atoms with E-state index in [4.69, 9.17) is 11.6 Å². The zero-order valence-electron chi connectivity index (χ0n) is 7.02. The van der Waals surface area contributed by atoms with Gasteiger partial charge in [0.25, 0.3) is 11.7 Å². The summed E-state index contributed by atoms with van der Waals surface area (Å²) in [7, 11) is 0. The first-order valence-electron chi connectivity index (χ1n) is 3.58. The fraction of sp³-hybridized carbons (Fsp3) is 0.250. The molecule has 1 aromatic rings. The highest BCUT2D eigenvalue weighted by atomic mass is 79.9. The Kier molecular flexibility index (Phi) is 3.55. The maximum absolute atomic E-state index is 12.6. The lowest BCUT2D eigenvalue weighted by Gasteiger charge is -2.09. The Morgan fingerprint density at radius 1 is 1.64 bits per heavy atom. The lowest BCUT2D eigenvalue weighted by Crippen LogP contribution is -2.03. The number of aromatic nitrogens is 1. The van der Waals surface area contributed by atoms with Crippen molar-refractivity contribution in [3.8, 4) is 0 Å². The zero-order chi connectivity index (χ0) is 10.9. The number of hydrogen-bond donors (Lipinski definition) is 0. The van der Waals surface area contributed by atoms with Gasteiger partial charge in [-0.1, -0.05) is 0 Å². The van der Waals surface area contributed by atoms with Gasteiger partial charge in [0.1, 0.15) is 4.60 Å². The summed E-state index contributed by atoms with van der Waals surface area (Å²) in [4.78, 5) is 14.5. The van der Waals surface area contributed by atoms with E-state index in [1.807, 2.05) is 0 Å². The predicted octanol–water partition coefficient (Wildman–Crippen LogP) is 3.47. The van der Waals surface area contributed by atoms with Crippen LogP contribution in [0.1, 0.15) is 27.9 Å². The highest BCUT2D eigenvalue weighted by Gasteiger charge is 2.21. The molecule has 14 heavy (non-hydrogen) atoms. The first kappa shape index (κ1) is 11.5. The molecule has 0 radical (unpaired) electrons. The predicted molar refractivity (Wildman–Crippen MR) is 51.8 cm³/mol. The van der Waals surface area contributed by atoms with Crippen LogP contribution in [0.3, 0.4) is 0 Å². The Morgan fingerprint density at radius 2 is 2.21 bits per heavy atom. The van der Waals surface area contributed by atoms with Crippen molar-refractivity contribution in [1.29, 1.82) is 0 Å². The van der Waals surface area contributed by atoms with Gasteiger partial charge in [-0.15, -0.1) is 0 Å². The lowest BCUT2D eigenvalue weighted by molar-refractivity contribution is 0.106. The van der Waals surface area contributed by atoms with Gasteiger partial charge in [0.15, 0.2) is 0 Å². The Hall–Kier alpha value is -0.550. The number of alkyl halides is 2. The van der Waals surface area contributed by atoms with Crippen molar-refractivity contribution in [3.63, 3.8) is 0 Å². The third-order valence-corrected chi connectivity index (χ3v) is 2.74. The van der Waals surface area contributed by atoms with E-state index in [-0.39, 0.29) is 21.3 Å². The van der Waals surface area contributed by atoms with Crippen molar-refractivity contribution in [2.45, 2.75) is 13.3 Å².